The molecule has 5 heteroatoms. The number of nitrogens with two attached hydrogens (primary N) is 1. The molecule has 94 valence electrons. The second-order valence-corrected chi connectivity index (χ2v) is 4.73. The van der Waals surface area contributed by atoms with E-state index >= 15 is 0 Å². The number of para-hydroxylation sites is 1. The van der Waals surface area contributed by atoms with Crippen molar-refractivity contribution in [2.24, 2.45) is 10.8 Å². The molecule has 0 aliphatic rings. The smallest absolute Gasteiger partial charge is 0.210 e. The molecule has 4 nitrogen and oxygen atoms in total. The summed E-state index contributed by atoms with van der Waals surface area (Å²) in [7, 11) is 0. The molecule has 0 radical (unpaired) electrons. The highest BCUT2D eigenvalue weighted by Crippen LogP contribution is 2.06. The normalized spacial score (nSPS) is 13.2. The number of aliphatic imine (C=N–C) groups is 1. The molecular weight excluding hydrogens is 232 g/mol. The van der Waals surface area contributed by atoms with Gasteiger partial charge in [-0.25, -0.2) is 10.8 Å². The lowest BCUT2D eigenvalue weighted by Crippen LogP contribution is -2.37. The molecule has 1 rings (SSSR count). The van der Waals surface area contributed by atoms with Gasteiger partial charge in [0.05, 0.1) is 6.04 Å². The van der Waals surface area contributed by atoms with Crippen molar-refractivity contribution in [3.8, 4) is 0 Å². The summed E-state index contributed by atoms with van der Waals surface area (Å²) in [6.45, 7) is 2.08. The van der Waals surface area contributed by atoms with Gasteiger partial charge in [0.2, 0.25) is 5.96 Å². The van der Waals surface area contributed by atoms with Gasteiger partial charge < -0.3 is 5.32 Å². The number of rotatable bonds is 5. The maximum atomic E-state index is 5.45. The summed E-state index contributed by atoms with van der Waals surface area (Å²) in [5.41, 5.74) is 3.56. The number of thioether (sulfide) groups is 1. The maximum Gasteiger partial charge on any atom is 0.210 e. The Bertz CT molecular complexity index is 340. The number of anilines is 1. The van der Waals surface area contributed by atoms with E-state index < -0.39 is 0 Å². The first-order valence-electron chi connectivity index (χ1n) is 5.61. The Morgan fingerprint density at radius 2 is 2.12 bits per heavy atom. The average Bonchev–Trinajstić information content (AvgIpc) is 2.36. The van der Waals surface area contributed by atoms with Crippen LogP contribution in [0.3, 0.4) is 0 Å². The van der Waals surface area contributed by atoms with E-state index in [0.717, 1.165) is 17.9 Å². The third-order valence-electron chi connectivity index (χ3n) is 2.26. The van der Waals surface area contributed by atoms with Gasteiger partial charge in [0, 0.05) is 5.69 Å². The van der Waals surface area contributed by atoms with Crippen LogP contribution in [0.25, 0.3) is 0 Å². The molecule has 1 atom stereocenters. The minimum Gasteiger partial charge on any atom is -0.325 e. The standard InChI is InChI=1S/C12H20N4S/c1-10(8-9-17-2)14-12(16-13)15-11-6-4-3-5-7-11/h3-7,10H,8-9,13H2,1-2H3,(H2,14,15,16). The minimum absolute atomic E-state index is 0.254. The van der Waals surface area contributed by atoms with Crippen LogP contribution in [0.15, 0.2) is 35.3 Å². The fraction of sp³-hybridized carbons (Fsp3) is 0.417. The van der Waals surface area contributed by atoms with E-state index in [9.17, 15) is 0 Å². The van der Waals surface area contributed by atoms with E-state index in [-0.39, 0.29) is 6.04 Å². The number of hydrazine groups is 1. The minimum atomic E-state index is 0.254. The molecule has 1 unspecified atom stereocenters. The van der Waals surface area contributed by atoms with Crippen molar-refractivity contribution in [3.05, 3.63) is 30.3 Å². The summed E-state index contributed by atoms with van der Waals surface area (Å²) in [6.07, 6.45) is 3.14. The lowest BCUT2D eigenvalue weighted by molar-refractivity contribution is 0.717. The lowest BCUT2D eigenvalue weighted by atomic mass is 10.3. The number of guanidine groups is 1. The van der Waals surface area contributed by atoms with E-state index in [4.69, 9.17) is 5.84 Å². The quantitative estimate of drug-likeness (QED) is 0.325. The zero-order valence-corrected chi connectivity index (χ0v) is 11.1. The largest absolute Gasteiger partial charge is 0.325 e. The van der Waals surface area contributed by atoms with Gasteiger partial charge in [-0.1, -0.05) is 18.2 Å². The highest BCUT2D eigenvalue weighted by Gasteiger charge is 2.02. The van der Waals surface area contributed by atoms with Crippen LogP contribution in [0.2, 0.25) is 0 Å². The third kappa shape index (κ3) is 5.60. The molecule has 0 aromatic heterocycles. The Morgan fingerprint density at radius 3 is 2.71 bits per heavy atom. The van der Waals surface area contributed by atoms with Crippen LogP contribution >= 0.6 is 11.8 Å². The molecule has 0 fully saturated rings. The second kappa shape index (κ2) is 7.97. The van der Waals surface area contributed by atoms with Crippen molar-refractivity contribution in [2.45, 2.75) is 19.4 Å². The molecule has 0 aliphatic heterocycles. The molecule has 4 N–H and O–H groups in total. The summed E-state index contributed by atoms with van der Waals surface area (Å²) < 4.78 is 0. The summed E-state index contributed by atoms with van der Waals surface area (Å²) in [6, 6.07) is 10.1. The second-order valence-electron chi connectivity index (χ2n) is 3.74. The Labute approximate surface area is 107 Å². The zero-order valence-electron chi connectivity index (χ0n) is 10.3. The molecule has 0 spiro atoms. The van der Waals surface area contributed by atoms with Gasteiger partial charge >= 0.3 is 0 Å². The predicted molar refractivity (Wildman–Crippen MR) is 77.3 cm³/mol. The first-order chi connectivity index (χ1) is 8.26. The van der Waals surface area contributed by atoms with Gasteiger partial charge in [0.1, 0.15) is 0 Å². The molecule has 1 aromatic carbocycles. The van der Waals surface area contributed by atoms with Gasteiger partial charge in [-0.3, -0.25) is 5.43 Å². The van der Waals surface area contributed by atoms with Crippen LogP contribution in [-0.2, 0) is 0 Å². The summed E-state index contributed by atoms with van der Waals surface area (Å²) in [5.74, 6) is 7.16. The van der Waals surface area contributed by atoms with Gasteiger partial charge in [0.25, 0.3) is 0 Å². The molecule has 1 aromatic rings. The molecule has 0 saturated heterocycles. The topological polar surface area (TPSA) is 62.4 Å². The van der Waals surface area contributed by atoms with Crippen LogP contribution in [-0.4, -0.2) is 24.0 Å². The molecule has 17 heavy (non-hydrogen) atoms. The number of hydrogen-bond acceptors (Lipinski definition) is 3. The number of benzene rings is 1. The van der Waals surface area contributed by atoms with E-state index in [0.29, 0.717) is 5.96 Å². The number of nitrogens with one attached hydrogen (secondary N) is 2. The van der Waals surface area contributed by atoms with Crippen LogP contribution in [0.5, 0.6) is 0 Å². The third-order valence-corrected chi connectivity index (χ3v) is 2.91. The van der Waals surface area contributed by atoms with E-state index in [2.05, 4.69) is 28.9 Å². The highest BCUT2D eigenvalue weighted by atomic mass is 32.2. The predicted octanol–water partition coefficient (Wildman–Crippen LogP) is 2.06. The van der Waals surface area contributed by atoms with Gasteiger partial charge in [-0.05, 0) is 37.5 Å². The zero-order chi connectivity index (χ0) is 12.5. The SMILES string of the molecule is CSCCC(C)N=C(NN)Nc1ccccc1. The van der Waals surface area contributed by atoms with Crippen LogP contribution in [0, 0.1) is 0 Å². The van der Waals surface area contributed by atoms with Crippen molar-refractivity contribution < 1.29 is 0 Å². The van der Waals surface area contributed by atoms with Gasteiger partial charge in [0.15, 0.2) is 0 Å². The van der Waals surface area contributed by atoms with Gasteiger partial charge in [-0.15, -0.1) is 0 Å². The van der Waals surface area contributed by atoms with Crippen molar-refractivity contribution >= 4 is 23.4 Å². The fourth-order valence-electron chi connectivity index (χ4n) is 1.34. The highest BCUT2D eigenvalue weighted by molar-refractivity contribution is 7.98. The summed E-state index contributed by atoms with van der Waals surface area (Å²) >= 11 is 1.83. The first kappa shape index (κ1) is 13.9. The lowest BCUT2D eigenvalue weighted by Gasteiger charge is -2.12. The fourth-order valence-corrected chi connectivity index (χ4v) is 1.91. The average molecular weight is 252 g/mol. The first-order valence-corrected chi connectivity index (χ1v) is 7.01. The molecule has 0 aliphatic carbocycles. The monoisotopic (exact) mass is 252 g/mol. The Hall–Kier alpha value is -1.20. The maximum absolute atomic E-state index is 5.45. The number of hydrogen-bond donors (Lipinski definition) is 3. The van der Waals surface area contributed by atoms with Crippen LogP contribution < -0.4 is 16.6 Å². The van der Waals surface area contributed by atoms with E-state index in [1.165, 1.54) is 0 Å². The van der Waals surface area contributed by atoms with Crippen LogP contribution in [0.4, 0.5) is 5.69 Å². The molecule has 0 heterocycles. The van der Waals surface area contributed by atoms with Crippen LogP contribution in [0.1, 0.15) is 13.3 Å². The van der Waals surface area contributed by atoms with Crippen molar-refractivity contribution in [3.63, 3.8) is 0 Å². The van der Waals surface area contributed by atoms with Crippen molar-refractivity contribution in [1.82, 2.24) is 5.43 Å². The molecule has 0 amide bonds. The number of nitrogens with zero attached hydrogens (tertiary/aromatic N) is 1. The van der Waals surface area contributed by atoms with Gasteiger partial charge in [-0.2, -0.15) is 11.8 Å². The summed E-state index contributed by atoms with van der Waals surface area (Å²) in [4.78, 5) is 4.48. The molecule has 0 saturated carbocycles. The molecule has 0 bridgehead atoms. The van der Waals surface area contributed by atoms with E-state index in [1.54, 1.807) is 0 Å². The van der Waals surface area contributed by atoms with Crippen molar-refractivity contribution in [2.75, 3.05) is 17.3 Å². The van der Waals surface area contributed by atoms with E-state index in [1.807, 2.05) is 42.1 Å². The summed E-state index contributed by atoms with van der Waals surface area (Å²) in [5, 5.41) is 3.14. The Morgan fingerprint density at radius 1 is 1.41 bits per heavy atom. The Balaban J connectivity index is 2.55. The van der Waals surface area contributed by atoms with Crippen molar-refractivity contribution in [1.29, 1.82) is 0 Å². The Kier molecular flexibility index (Phi) is 6.50. The molecular formula is C12H20N4S.